The quantitative estimate of drug-likeness (QED) is 0.151. The SMILES string of the molecule is CCC(C)C(NC(=O)C(CC(N)=O)NC(=O)C(N)CC(=O)O)C(=O)NC(C(=O)O)C(C)C. The molecule has 5 unspecified atom stereocenters. The second-order valence-electron chi connectivity index (χ2n) is 7.88. The van der Waals surface area contributed by atoms with Gasteiger partial charge in [-0.2, -0.15) is 0 Å². The summed E-state index contributed by atoms with van der Waals surface area (Å²) in [6.07, 6.45) is -0.898. The zero-order valence-corrected chi connectivity index (χ0v) is 18.6. The summed E-state index contributed by atoms with van der Waals surface area (Å²) in [6, 6.07) is -5.36. The van der Waals surface area contributed by atoms with Crippen LogP contribution in [-0.4, -0.2) is 69.9 Å². The zero-order chi connectivity index (χ0) is 25.2. The molecule has 13 heteroatoms. The first-order valence-corrected chi connectivity index (χ1v) is 10.1. The van der Waals surface area contributed by atoms with Crippen LogP contribution in [0.25, 0.3) is 0 Å². The molecule has 0 aliphatic rings. The molecule has 0 saturated carbocycles. The van der Waals surface area contributed by atoms with Crippen LogP contribution in [0.4, 0.5) is 0 Å². The number of carbonyl (C=O) groups excluding carboxylic acids is 4. The van der Waals surface area contributed by atoms with Gasteiger partial charge in [-0.25, -0.2) is 4.79 Å². The summed E-state index contributed by atoms with van der Waals surface area (Å²) < 4.78 is 0. The van der Waals surface area contributed by atoms with Crippen molar-refractivity contribution in [3.63, 3.8) is 0 Å². The third-order valence-electron chi connectivity index (χ3n) is 4.79. The van der Waals surface area contributed by atoms with Crippen molar-refractivity contribution in [1.29, 1.82) is 0 Å². The Hall–Kier alpha value is -3.22. The highest BCUT2D eigenvalue weighted by Crippen LogP contribution is 2.11. The number of aliphatic carboxylic acids is 2. The fourth-order valence-corrected chi connectivity index (χ4v) is 2.68. The van der Waals surface area contributed by atoms with Gasteiger partial charge in [-0.3, -0.25) is 24.0 Å². The monoisotopic (exact) mass is 459 g/mol. The standard InChI is InChI=1S/C19H33N5O8/c1-5-9(4)15(18(30)23-14(8(2)3)19(31)32)24-17(29)11(7-12(21)25)22-16(28)10(20)6-13(26)27/h8-11,14-15H,5-7,20H2,1-4H3,(H2,21,25)(H,22,28)(H,23,30)(H,24,29)(H,26,27)(H,31,32). The van der Waals surface area contributed by atoms with Gasteiger partial charge in [0.15, 0.2) is 0 Å². The molecule has 0 radical (unpaired) electrons. The van der Waals surface area contributed by atoms with Crippen LogP contribution in [0.15, 0.2) is 0 Å². The van der Waals surface area contributed by atoms with Gasteiger partial charge in [0, 0.05) is 0 Å². The van der Waals surface area contributed by atoms with Crippen LogP contribution in [0.2, 0.25) is 0 Å². The predicted octanol–water partition coefficient (Wildman–Crippen LogP) is -2.10. The first kappa shape index (κ1) is 28.8. The molecule has 0 saturated heterocycles. The minimum Gasteiger partial charge on any atom is -0.481 e. The Morgan fingerprint density at radius 2 is 1.34 bits per heavy atom. The number of carboxylic acid groups (broad SMARTS) is 2. The number of nitrogens with two attached hydrogens (primary N) is 2. The van der Waals surface area contributed by atoms with Crippen LogP contribution in [0.3, 0.4) is 0 Å². The lowest BCUT2D eigenvalue weighted by Gasteiger charge is -2.28. The van der Waals surface area contributed by atoms with E-state index in [1.165, 1.54) is 0 Å². The lowest BCUT2D eigenvalue weighted by atomic mass is 9.96. The van der Waals surface area contributed by atoms with Gasteiger partial charge in [0.05, 0.1) is 18.9 Å². The molecular weight excluding hydrogens is 426 g/mol. The number of nitrogens with one attached hydrogen (secondary N) is 3. The van der Waals surface area contributed by atoms with Crippen molar-refractivity contribution in [3.05, 3.63) is 0 Å². The summed E-state index contributed by atoms with van der Waals surface area (Å²) in [4.78, 5) is 71.1. The second kappa shape index (κ2) is 13.2. The van der Waals surface area contributed by atoms with E-state index in [9.17, 15) is 33.9 Å². The maximum absolute atomic E-state index is 12.8. The highest BCUT2D eigenvalue weighted by molar-refractivity contribution is 5.96. The number of amides is 4. The molecule has 182 valence electrons. The second-order valence-corrected chi connectivity index (χ2v) is 7.88. The van der Waals surface area contributed by atoms with Crippen LogP contribution < -0.4 is 27.4 Å². The Morgan fingerprint density at radius 1 is 0.812 bits per heavy atom. The molecular formula is C19H33N5O8. The minimum absolute atomic E-state index is 0.428. The van der Waals surface area contributed by atoms with E-state index >= 15 is 0 Å². The largest absolute Gasteiger partial charge is 0.481 e. The molecule has 13 nitrogen and oxygen atoms in total. The van der Waals surface area contributed by atoms with E-state index in [1.54, 1.807) is 27.7 Å². The molecule has 0 aliphatic carbocycles. The fraction of sp³-hybridized carbons (Fsp3) is 0.684. The van der Waals surface area contributed by atoms with Crippen LogP contribution in [0, 0.1) is 11.8 Å². The van der Waals surface area contributed by atoms with Crippen molar-refractivity contribution in [3.8, 4) is 0 Å². The average Bonchev–Trinajstić information content (AvgIpc) is 2.67. The van der Waals surface area contributed by atoms with Crippen LogP contribution in [0.1, 0.15) is 47.0 Å². The molecule has 0 heterocycles. The Bertz CT molecular complexity index is 727. The Balaban J connectivity index is 5.59. The molecule has 32 heavy (non-hydrogen) atoms. The van der Waals surface area contributed by atoms with Crippen molar-refractivity contribution in [1.82, 2.24) is 16.0 Å². The van der Waals surface area contributed by atoms with Crippen LogP contribution in [0.5, 0.6) is 0 Å². The van der Waals surface area contributed by atoms with E-state index in [-0.39, 0.29) is 0 Å². The third kappa shape index (κ3) is 9.73. The van der Waals surface area contributed by atoms with Crippen LogP contribution in [-0.2, 0) is 28.8 Å². The number of hydrogen-bond acceptors (Lipinski definition) is 7. The molecule has 0 aromatic carbocycles. The molecule has 5 atom stereocenters. The van der Waals surface area contributed by atoms with Crippen molar-refractivity contribution >= 4 is 35.6 Å². The van der Waals surface area contributed by atoms with Gasteiger partial charge in [-0.15, -0.1) is 0 Å². The lowest BCUT2D eigenvalue weighted by molar-refractivity contribution is -0.144. The topological polar surface area (TPSA) is 231 Å². The summed E-state index contributed by atoms with van der Waals surface area (Å²) in [5, 5.41) is 25.0. The molecule has 0 aliphatic heterocycles. The predicted molar refractivity (Wildman–Crippen MR) is 112 cm³/mol. The molecule has 4 amide bonds. The molecule has 0 bridgehead atoms. The van der Waals surface area contributed by atoms with E-state index in [0.717, 1.165) is 0 Å². The van der Waals surface area contributed by atoms with E-state index in [4.69, 9.17) is 16.6 Å². The number of rotatable bonds is 14. The van der Waals surface area contributed by atoms with Gasteiger partial charge >= 0.3 is 11.9 Å². The van der Waals surface area contributed by atoms with Crippen LogP contribution >= 0.6 is 0 Å². The molecule has 0 aromatic rings. The summed E-state index contributed by atoms with van der Waals surface area (Å²) in [5.41, 5.74) is 10.6. The van der Waals surface area contributed by atoms with Gasteiger partial charge in [0.25, 0.3) is 0 Å². The van der Waals surface area contributed by atoms with Crippen molar-refractivity contribution < 1.29 is 39.0 Å². The first-order valence-electron chi connectivity index (χ1n) is 10.1. The summed E-state index contributed by atoms with van der Waals surface area (Å²) in [7, 11) is 0. The van der Waals surface area contributed by atoms with Crippen molar-refractivity contribution in [2.45, 2.75) is 71.1 Å². The van der Waals surface area contributed by atoms with E-state index in [2.05, 4.69) is 16.0 Å². The molecule has 0 spiro atoms. The normalized spacial score (nSPS) is 15.6. The van der Waals surface area contributed by atoms with E-state index in [1.807, 2.05) is 0 Å². The van der Waals surface area contributed by atoms with Gasteiger partial charge in [-0.1, -0.05) is 34.1 Å². The summed E-state index contributed by atoms with van der Waals surface area (Å²) >= 11 is 0. The van der Waals surface area contributed by atoms with Gasteiger partial charge in [0.1, 0.15) is 18.1 Å². The fourth-order valence-electron chi connectivity index (χ4n) is 2.68. The Morgan fingerprint density at radius 3 is 1.75 bits per heavy atom. The maximum Gasteiger partial charge on any atom is 0.326 e. The zero-order valence-electron chi connectivity index (χ0n) is 18.6. The number of carboxylic acids is 2. The summed E-state index contributed by atoms with van der Waals surface area (Å²) in [6.45, 7) is 6.62. The maximum atomic E-state index is 12.8. The third-order valence-corrected chi connectivity index (χ3v) is 4.79. The van der Waals surface area contributed by atoms with Crippen molar-refractivity contribution in [2.75, 3.05) is 0 Å². The summed E-state index contributed by atoms with van der Waals surface area (Å²) in [5.74, 6) is -7.06. The van der Waals surface area contributed by atoms with E-state index in [0.29, 0.717) is 6.42 Å². The number of hydrogen-bond donors (Lipinski definition) is 7. The first-order chi connectivity index (χ1) is 14.7. The average molecular weight is 460 g/mol. The molecule has 0 rings (SSSR count). The highest BCUT2D eigenvalue weighted by atomic mass is 16.4. The lowest BCUT2D eigenvalue weighted by Crippen LogP contribution is -2.59. The smallest absolute Gasteiger partial charge is 0.326 e. The van der Waals surface area contributed by atoms with E-state index < -0.39 is 84.4 Å². The minimum atomic E-state index is -1.51. The Kier molecular flexibility index (Phi) is 11.9. The van der Waals surface area contributed by atoms with Gasteiger partial charge in [0.2, 0.25) is 23.6 Å². The van der Waals surface area contributed by atoms with Gasteiger partial charge in [-0.05, 0) is 11.8 Å². The number of primary amides is 1. The molecule has 0 aromatic heterocycles. The number of carbonyl (C=O) groups is 6. The molecule has 9 N–H and O–H groups in total. The Labute approximate surface area is 185 Å². The van der Waals surface area contributed by atoms with Gasteiger partial charge < -0.3 is 37.6 Å². The highest BCUT2D eigenvalue weighted by Gasteiger charge is 2.34. The van der Waals surface area contributed by atoms with Crippen molar-refractivity contribution in [2.24, 2.45) is 23.3 Å². The molecule has 0 fully saturated rings.